The molecule has 0 fully saturated rings. The minimum Gasteiger partial charge on any atom is -0.482 e. The van der Waals surface area contributed by atoms with E-state index in [4.69, 9.17) is 4.74 Å². The number of halogens is 2. The first-order valence-electron chi connectivity index (χ1n) is 6.92. The summed E-state index contributed by atoms with van der Waals surface area (Å²) in [5.41, 5.74) is 5.44. The molecule has 0 aliphatic heterocycles. The van der Waals surface area contributed by atoms with Crippen LogP contribution in [0.1, 0.15) is 16.7 Å². The fourth-order valence-electron chi connectivity index (χ4n) is 2.02. The lowest BCUT2D eigenvalue weighted by molar-refractivity contribution is -0.123. The lowest BCUT2D eigenvalue weighted by Crippen LogP contribution is -2.24. The Balaban J connectivity index is 1.88. The van der Waals surface area contributed by atoms with Gasteiger partial charge in [-0.2, -0.15) is 5.10 Å². The van der Waals surface area contributed by atoms with Crippen LogP contribution in [0.15, 0.2) is 50.4 Å². The number of rotatable bonds is 5. The SMILES string of the molecule is Cc1cc(C)c(OCC(=O)N/N=C/c2cccc(Br)c2)c(Br)c1. The molecule has 0 spiro atoms. The summed E-state index contributed by atoms with van der Waals surface area (Å²) in [5.74, 6) is 0.352. The summed E-state index contributed by atoms with van der Waals surface area (Å²) < 4.78 is 7.35. The molecule has 120 valence electrons. The van der Waals surface area contributed by atoms with Gasteiger partial charge < -0.3 is 4.74 Å². The summed E-state index contributed by atoms with van der Waals surface area (Å²) in [7, 11) is 0. The van der Waals surface area contributed by atoms with E-state index in [1.807, 2.05) is 50.2 Å². The Labute approximate surface area is 152 Å². The number of amides is 1. The van der Waals surface area contributed by atoms with Crippen LogP contribution in [-0.4, -0.2) is 18.7 Å². The maximum atomic E-state index is 11.8. The highest BCUT2D eigenvalue weighted by atomic mass is 79.9. The number of benzene rings is 2. The number of hydrazone groups is 1. The molecule has 0 saturated heterocycles. The molecular weight excluding hydrogens is 424 g/mol. The molecule has 1 amide bonds. The molecule has 0 aliphatic carbocycles. The zero-order valence-electron chi connectivity index (χ0n) is 12.8. The van der Waals surface area contributed by atoms with Gasteiger partial charge in [-0.3, -0.25) is 4.79 Å². The molecule has 0 saturated carbocycles. The van der Waals surface area contributed by atoms with Crippen molar-refractivity contribution < 1.29 is 9.53 Å². The fourth-order valence-corrected chi connectivity index (χ4v) is 3.23. The first kappa shape index (κ1) is 17.7. The van der Waals surface area contributed by atoms with Crippen LogP contribution < -0.4 is 10.2 Å². The summed E-state index contributed by atoms with van der Waals surface area (Å²) >= 11 is 6.83. The molecule has 2 aromatic rings. The third-order valence-electron chi connectivity index (χ3n) is 2.97. The van der Waals surface area contributed by atoms with E-state index in [2.05, 4.69) is 42.4 Å². The van der Waals surface area contributed by atoms with Crippen molar-refractivity contribution in [1.82, 2.24) is 5.43 Å². The molecule has 23 heavy (non-hydrogen) atoms. The maximum Gasteiger partial charge on any atom is 0.277 e. The molecule has 0 radical (unpaired) electrons. The van der Waals surface area contributed by atoms with E-state index in [1.165, 1.54) is 0 Å². The summed E-state index contributed by atoms with van der Waals surface area (Å²) in [4.78, 5) is 11.8. The summed E-state index contributed by atoms with van der Waals surface area (Å²) in [5, 5.41) is 3.92. The zero-order chi connectivity index (χ0) is 16.8. The molecule has 2 rings (SSSR count). The van der Waals surface area contributed by atoms with Crippen LogP contribution in [0.3, 0.4) is 0 Å². The highest BCUT2D eigenvalue weighted by molar-refractivity contribution is 9.10. The monoisotopic (exact) mass is 438 g/mol. The minimum absolute atomic E-state index is 0.0989. The predicted octanol–water partition coefficient (Wildman–Crippen LogP) is 4.36. The molecular formula is C17H16Br2N2O2. The molecule has 0 atom stereocenters. The molecule has 2 aromatic carbocycles. The lowest BCUT2D eigenvalue weighted by Gasteiger charge is -2.11. The number of hydrogen-bond donors (Lipinski definition) is 1. The van der Waals surface area contributed by atoms with E-state index in [1.54, 1.807) is 6.21 Å². The number of hydrogen-bond acceptors (Lipinski definition) is 3. The number of aryl methyl sites for hydroxylation is 2. The first-order valence-corrected chi connectivity index (χ1v) is 8.51. The van der Waals surface area contributed by atoms with Crippen molar-refractivity contribution >= 4 is 44.0 Å². The van der Waals surface area contributed by atoms with E-state index in [9.17, 15) is 4.79 Å². The van der Waals surface area contributed by atoms with Crippen molar-refractivity contribution in [3.05, 3.63) is 62.0 Å². The van der Waals surface area contributed by atoms with Gasteiger partial charge in [0.1, 0.15) is 5.75 Å². The van der Waals surface area contributed by atoms with E-state index in [0.717, 1.165) is 25.6 Å². The van der Waals surface area contributed by atoms with Crippen LogP contribution in [0.25, 0.3) is 0 Å². The largest absolute Gasteiger partial charge is 0.482 e. The zero-order valence-corrected chi connectivity index (χ0v) is 15.9. The number of ether oxygens (including phenoxy) is 1. The van der Waals surface area contributed by atoms with Crippen molar-refractivity contribution in [3.8, 4) is 5.75 Å². The lowest BCUT2D eigenvalue weighted by atomic mass is 10.1. The van der Waals surface area contributed by atoms with Gasteiger partial charge in [0.15, 0.2) is 6.61 Å². The smallest absolute Gasteiger partial charge is 0.277 e. The van der Waals surface area contributed by atoms with Gasteiger partial charge in [0.05, 0.1) is 10.7 Å². The van der Waals surface area contributed by atoms with Crippen molar-refractivity contribution in [2.45, 2.75) is 13.8 Å². The minimum atomic E-state index is -0.317. The molecule has 6 heteroatoms. The fraction of sp³-hybridized carbons (Fsp3) is 0.176. The highest BCUT2D eigenvalue weighted by Crippen LogP contribution is 2.30. The Bertz CT molecular complexity index is 722. The van der Waals surface area contributed by atoms with Crippen LogP contribution in [0, 0.1) is 13.8 Å². The maximum absolute atomic E-state index is 11.8. The predicted molar refractivity (Wildman–Crippen MR) is 99.0 cm³/mol. The van der Waals surface area contributed by atoms with Gasteiger partial charge in [0.25, 0.3) is 5.91 Å². The van der Waals surface area contributed by atoms with Crippen molar-refractivity contribution in [1.29, 1.82) is 0 Å². The third-order valence-corrected chi connectivity index (χ3v) is 4.06. The van der Waals surface area contributed by atoms with Gasteiger partial charge in [0.2, 0.25) is 0 Å². The summed E-state index contributed by atoms with van der Waals surface area (Å²) in [6.07, 6.45) is 1.58. The topological polar surface area (TPSA) is 50.7 Å². The Hall–Kier alpha value is -1.66. The quantitative estimate of drug-likeness (QED) is 0.555. The van der Waals surface area contributed by atoms with Crippen LogP contribution in [0.4, 0.5) is 0 Å². The average molecular weight is 440 g/mol. The average Bonchev–Trinajstić information content (AvgIpc) is 2.46. The Morgan fingerprint density at radius 2 is 2.04 bits per heavy atom. The number of carbonyl (C=O) groups excluding carboxylic acids is 1. The normalized spacial score (nSPS) is 10.8. The molecule has 0 heterocycles. The summed E-state index contributed by atoms with van der Waals surface area (Å²) in [6, 6.07) is 11.6. The Morgan fingerprint density at radius 3 is 2.74 bits per heavy atom. The van der Waals surface area contributed by atoms with Gasteiger partial charge in [-0.05, 0) is 64.7 Å². The Kier molecular flexibility index (Phi) is 6.36. The van der Waals surface area contributed by atoms with Gasteiger partial charge in [0, 0.05) is 4.47 Å². The van der Waals surface area contributed by atoms with E-state index < -0.39 is 0 Å². The van der Waals surface area contributed by atoms with Crippen LogP contribution in [0.2, 0.25) is 0 Å². The number of carbonyl (C=O) groups is 1. The second-order valence-electron chi connectivity index (χ2n) is 5.03. The second-order valence-corrected chi connectivity index (χ2v) is 6.80. The van der Waals surface area contributed by atoms with Crippen LogP contribution >= 0.6 is 31.9 Å². The van der Waals surface area contributed by atoms with Crippen molar-refractivity contribution in [2.75, 3.05) is 6.61 Å². The molecule has 0 bridgehead atoms. The number of nitrogens with one attached hydrogen (secondary N) is 1. The third kappa shape index (κ3) is 5.48. The van der Waals surface area contributed by atoms with Gasteiger partial charge in [-0.15, -0.1) is 0 Å². The summed E-state index contributed by atoms with van der Waals surface area (Å²) in [6.45, 7) is 3.85. The molecule has 0 aliphatic rings. The number of nitrogens with zero attached hydrogens (tertiary/aromatic N) is 1. The van der Waals surface area contributed by atoms with Gasteiger partial charge >= 0.3 is 0 Å². The second kappa shape index (κ2) is 8.26. The van der Waals surface area contributed by atoms with Crippen LogP contribution in [-0.2, 0) is 4.79 Å². The Morgan fingerprint density at radius 1 is 1.26 bits per heavy atom. The molecule has 0 unspecified atom stereocenters. The van der Waals surface area contributed by atoms with Crippen molar-refractivity contribution in [2.24, 2.45) is 5.10 Å². The van der Waals surface area contributed by atoms with Crippen molar-refractivity contribution in [3.63, 3.8) is 0 Å². The molecule has 1 N–H and O–H groups in total. The van der Waals surface area contributed by atoms with E-state index in [0.29, 0.717) is 5.75 Å². The van der Waals surface area contributed by atoms with E-state index >= 15 is 0 Å². The van der Waals surface area contributed by atoms with Gasteiger partial charge in [-0.25, -0.2) is 5.43 Å². The standard InChI is InChI=1S/C17H16Br2N2O2/c1-11-6-12(2)17(15(19)7-11)23-10-16(22)21-20-9-13-4-3-5-14(18)8-13/h3-9H,10H2,1-2H3,(H,21,22)/b20-9+. The van der Waals surface area contributed by atoms with Crippen LogP contribution in [0.5, 0.6) is 5.75 Å². The highest BCUT2D eigenvalue weighted by Gasteiger charge is 2.08. The van der Waals surface area contributed by atoms with E-state index in [-0.39, 0.29) is 12.5 Å². The van der Waals surface area contributed by atoms with Gasteiger partial charge in [-0.1, -0.05) is 34.1 Å². The molecule has 0 aromatic heterocycles. The molecule has 4 nitrogen and oxygen atoms in total. The first-order chi connectivity index (χ1) is 11.0.